The van der Waals surface area contributed by atoms with Crippen LogP contribution in [0.3, 0.4) is 0 Å². The minimum atomic E-state index is -0.256. The molecule has 0 spiro atoms. The van der Waals surface area contributed by atoms with Crippen LogP contribution in [0.4, 0.5) is 4.39 Å². The lowest BCUT2D eigenvalue weighted by atomic mass is 10.1. The molecule has 1 saturated heterocycles. The van der Waals surface area contributed by atoms with Crippen LogP contribution >= 0.6 is 0 Å². The molecule has 1 aromatic rings. The molecule has 1 aromatic carbocycles. The first-order valence-electron chi connectivity index (χ1n) is 7.32. The van der Waals surface area contributed by atoms with Crippen LogP contribution in [0, 0.1) is 17.7 Å². The molecule has 1 N–H and O–H groups in total. The monoisotopic (exact) mass is 276 g/mol. The third-order valence-corrected chi connectivity index (χ3v) is 4.39. The van der Waals surface area contributed by atoms with Crippen LogP contribution in [0.25, 0.3) is 0 Å². The number of hydrogen-bond donors (Lipinski definition) is 1. The van der Waals surface area contributed by atoms with Gasteiger partial charge in [-0.2, -0.15) is 0 Å². The van der Waals surface area contributed by atoms with Gasteiger partial charge < -0.3 is 4.90 Å². The molecule has 3 rings (SSSR count). The number of amides is 1. The summed E-state index contributed by atoms with van der Waals surface area (Å²) in [6.07, 6.45) is 0.852. The van der Waals surface area contributed by atoms with Gasteiger partial charge in [-0.05, 0) is 36.0 Å². The number of carbonyl (C=O) groups is 1. The number of rotatable bonds is 3. The highest BCUT2D eigenvalue weighted by atomic mass is 19.1. The summed E-state index contributed by atoms with van der Waals surface area (Å²) in [4.78, 5) is 14.5. The molecular formula is C16H21FN2O. The van der Waals surface area contributed by atoms with E-state index in [1.807, 2.05) is 24.8 Å². The van der Waals surface area contributed by atoms with E-state index in [1.54, 1.807) is 6.07 Å². The van der Waals surface area contributed by atoms with Gasteiger partial charge in [-0.15, -0.1) is 0 Å². The van der Waals surface area contributed by atoms with Crippen molar-refractivity contribution < 1.29 is 9.18 Å². The van der Waals surface area contributed by atoms with Gasteiger partial charge in [0.25, 0.3) is 0 Å². The second-order valence-electron chi connectivity index (χ2n) is 6.37. The van der Waals surface area contributed by atoms with Gasteiger partial charge in [0.05, 0.1) is 6.04 Å². The zero-order chi connectivity index (χ0) is 14.4. The molecule has 1 amide bonds. The topological polar surface area (TPSA) is 32.3 Å². The van der Waals surface area contributed by atoms with E-state index < -0.39 is 0 Å². The number of nitrogens with zero attached hydrogens (tertiary/aromatic N) is 1. The normalized spacial score (nSPS) is 33.0. The molecule has 108 valence electrons. The molecule has 1 heterocycles. The van der Waals surface area contributed by atoms with Gasteiger partial charge in [-0.25, -0.2) is 4.39 Å². The quantitative estimate of drug-likeness (QED) is 0.920. The summed E-state index contributed by atoms with van der Waals surface area (Å²) >= 11 is 0. The fourth-order valence-corrected chi connectivity index (χ4v) is 3.07. The lowest BCUT2D eigenvalue weighted by Crippen LogP contribution is -2.35. The van der Waals surface area contributed by atoms with Crippen molar-refractivity contribution in [2.24, 2.45) is 11.8 Å². The van der Waals surface area contributed by atoms with E-state index in [1.165, 1.54) is 12.1 Å². The van der Waals surface area contributed by atoms with E-state index in [9.17, 15) is 9.18 Å². The second kappa shape index (κ2) is 4.85. The van der Waals surface area contributed by atoms with Gasteiger partial charge in [0.1, 0.15) is 12.0 Å². The lowest BCUT2D eigenvalue weighted by molar-refractivity contribution is -0.131. The van der Waals surface area contributed by atoms with Crippen molar-refractivity contribution in [1.82, 2.24) is 10.2 Å². The largest absolute Gasteiger partial charge is 0.318 e. The van der Waals surface area contributed by atoms with Crippen LogP contribution in [0.1, 0.15) is 38.9 Å². The Hall–Kier alpha value is -1.42. The highest BCUT2D eigenvalue weighted by Gasteiger charge is 2.50. The lowest BCUT2D eigenvalue weighted by Gasteiger charge is -2.25. The summed E-state index contributed by atoms with van der Waals surface area (Å²) < 4.78 is 13.5. The number of benzene rings is 1. The third kappa shape index (κ3) is 2.22. The van der Waals surface area contributed by atoms with E-state index in [0.717, 1.165) is 12.0 Å². The summed E-state index contributed by atoms with van der Waals surface area (Å²) in [5, 5.41) is 3.39. The van der Waals surface area contributed by atoms with Crippen molar-refractivity contribution >= 4 is 5.91 Å². The SMILES string of the molecule is CC(C)C1NC(c2cccc(F)c2)N(C2CC2C)C1=O. The van der Waals surface area contributed by atoms with Crippen molar-refractivity contribution in [1.29, 1.82) is 0 Å². The minimum Gasteiger partial charge on any atom is -0.318 e. The maximum absolute atomic E-state index is 13.5. The molecule has 1 aliphatic heterocycles. The first-order chi connectivity index (χ1) is 9.49. The van der Waals surface area contributed by atoms with Gasteiger partial charge in [0, 0.05) is 6.04 Å². The van der Waals surface area contributed by atoms with Crippen LogP contribution in [-0.2, 0) is 4.79 Å². The number of hydrogen-bond acceptors (Lipinski definition) is 2. The van der Waals surface area contributed by atoms with Gasteiger partial charge in [-0.3, -0.25) is 10.1 Å². The molecular weight excluding hydrogens is 255 g/mol. The minimum absolute atomic E-state index is 0.156. The van der Waals surface area contributed by atoms with Gasteiger partial charge >= 0.3 is 0 Å². The zero-order valence-corrected chi connectivity index (χ0v) is 12.1. The summed E-state index contributed by atoms with van der Waals surface area (Å²) in [6.45, 7) is 6.24. The standard InChI is InChI=1S/C16H21FN2O/c1-9(2)14-16(20)19(13-7-10(13)3)15(18-14)11-5-4-6-12(17)8-11/h4-6,8-10,13-15,18H,7H2,1-3H3. The van der Waals surface area contributed by atoms with Gasteiger partial charge in [0.2, 0.25) is 5.91 Å². The number of carbonyl (C=O) groups excluding carboxylic acids is 1. The summed E-state index contributed by atoms with van der Waals surface area (Å²) in [6, 6.07) is 6.67. The Morgan fingerprint density at radius 3 is 2.65 bits per heavy atom. The Balaban J connectivity index is 1.93. The Bertz CT molecular complexity index is 531. The maximum Gasteiger partial charge on any atom is 0.241 e. The van der Waals surface area contributed by atoms with E-state index in [0.29, 0.717) is 12.0 Å². The van der Waals surface area contributed by atoms with Gasteiger partial charge in [-0.1, -0.05) is 32.9 Å². The smallest absolute Gasteiger partial charge is 0.241 e. The van der Waals surface area contributed by atoms with Crippen LogP contribution in [0.15, 0.2) is 24.3 Å². The molecule has 20 heavy (non-hydrogen) atoms. The molecule has 4 unspecified atom stereocenters. The average Bonchev–Trinajstić information content (AvgIpc) is 2.98. The second-order valence-corrected chi connectivity index (χ2v) is 6.37. The fourth-order valence-electron chi connectivity index (χ4n) is 3.07. The molecule has 4 heteroatoms. The molecule has 2 aliphatic rings. The highest BCUT2D eigenvalue weighted by molar-refractivity contribution is 5.85. The van der Waals surface area contributed by atoms with Crippen LogP contribution in [0.2, 0.25) is 0 Å². The molecule has 3 nitrogen and oxygen atoms in total. The van der Waals surface area contributed by atoms with Crippen molar-refractivity contribution in [2.75, 3.05) is 0 Å². The van der Waals surface area contributed by atoms with Gasteiger partial charge in [0.15, 0.2) is 0 Å². The molecule has 0 radical (unpaired) electrons. The average molecular weight is 276 g/mol. The summed E-state index contributed by atoms with van der Waals surface area (Å²) in [5.41, 5.74) is 0.834. The molecule has 1 aliphatic carbocycles. The summed E-state index contributed by atoms with van der Waals surface area (Å²) in [7, 11) is 0. The van der Waals surface area contributed by atoms with Crippen molar-refractivity contribution in [3.05, 3.63) is 35.6 Å². The molecule has 1 saturated carbocycles. The Morgan fingerprint density at radius 2 is 2.10 bits per heavy atom. The van der Waals surface area contributed by atoms with E-state index in [2.05, 4.69) is 12.2 Å². The van der Waals surface area contributed by atoms with E-state index >= 15 is 0 Å². The van der Waals surface area contributed by atoms with Crippen LogP contribution in [-0.4, -0.2) is 22.9 Å². The molecule has 2 fully saturated rings. The van der Waals surface area contributed by atoms with Crippen molar-refractivity contribution in [2.45, 2.75) is 45.4 Å². The fraction of sp³-hybridized carbons (Fsp3) is 0.562. The predicted molar refractivity (Wildman–Crippen MR) is 75.3 cm³/mol. The molecule has 0 aromatic heterocycles. The van der Waals surface area contributed by atoms with E-state index in [4.69, 9.17) is 0 Å². The Labute approximate surface area is 119 Å². The Morgan fingerprint density at radius 1 is 1.40 bits per heavy atom. The number of nitrogens with one attached hydrogen (secondary N) is 1. The first-order valence-corrected chi connectivity index (χ1v) is 7.32. The van der Waals surface area contributed by atoms with Crippen molar-refractivity contribution in [3.8, 4) is 0 Å². The van der Waals surface area contributed by atoms with E-state index in [-0.39, 0.29) is 29.8 Å². The predicted octanol–water partition coefficient (Wildman–Crippen LogP) is 2.69. The number of halogens is 1. The highest BCUT2D eigenvalue weighted by Crippen LogP contribution is 2.42. The van der Waals surface area contributed by atoms with Crippen LogP contribution in [0.5, 0.6) is 0 Å². The molecule has 0 bridgehead atoms. The maximum atomic E-state index is 13.5. The Kier molecular flexibility index (Phi) is 3.28. The van der Waals surface area contributed by atoms with Crippen molar-refractivity contribution in [3.63, 3.8) is 0 Å². The summed E-state index contributed by atoms with van der Waals surface area (Å²) in [5.74, 6) is 0.678. The third-order valence-electron chi connectivity index (χ3n) is 4.39. The first kappa shape index (κ1) is 13.6. The molecule has 4 atom stereocenters. The zero-order valence-electron chi connectivity index (χ0n) is 12.1. The van der Waals surface area contributed by atoms with Crippen LogP contribution < -0.4 is 5.32 Å².